The van der Waals surface area contributed by atoms with Gasteiger partial charge in [0.15, 0.2) is 0 Å². The van der Waals surface area contributed by atoms with Gasteiger partial charge in [-0.15, -0.1) is 0 Å². The lowest BCUT2D eigenvalue weighted by molar-refractivity contribution is -0.384. The van der Waals surface area contributed by atoms with Crippen LogP contribution in [0.1, 0.15) is 32.6 Å². The lowest BCUT2D eigenvalue weighted by atomic mass is 10.0. The first-order valence-corrected chi connectivity index (χ1v) is 6.07. The standard InChI is InChI=1S/C11H17N5O2/c1-2-3-11(4-5-11)7-14-10-13-6-8(16(17)18)9(12)15-10/h6H,2-5,7H2,1H3,(H3,12,13,14,15). The van der Waals surface area contributed by atoms with Gasteiger partial charge >= 0.3 is 5.69 Å². The molecule has 0 spiro atoms. The molecule has 3 N–H and O–H groups in total. The summed E-state index contributed by atoms with van der Waals surface area (Å²) < 4.78 is 0. The van der Waals surface area contributed by atoms with Gasteiger partial charge in [-0.25, -0.2) is 4.98 Å². The molecule has 1 heterocycles. The van der Waals surface area contributed by atoms with Crippen LogP contribution in [0.2, 0.25) is 0 Å². The summed E-state index contributed by atoms with van der Waals surface area (Å²) in [5, 5.41) is 13.7. The number of nitrogen functional groups attached to an aromatic ring is 1. The first-order valence-electron chi connectivity index (χ1n) is 6.07. The molecule has 0 saturated heterocycles. The number of hydrogen-bond donors (Lipinski definition) is 2. The molecule has 0 amide bonds. The Kier molecular flexibility index (Phi) is 3.31. The molecule has 7 heteroatoms. The maximum Gasteiger partial charge on any atom is 0.329 e. The second kappa shape index (κ2) is 4.75. The molecule has 18 heavy (non-hydrogen) atoms. The molecule has 0 aliphatic heterocycles. The molecule has 1 aliphatic rings. The summed E-state index contributed by atoms with van der Waals surface area (Å²) in [4.78, 5) is 17.8. The molecule has 0 radical (unpaired) electrons. The predicted octanol–water partition coefficient (Wildman–Crippen LogP) is 1.96. The first-order chi connectivity index (χ1) is 8.56. The van der Waals surface area contributed by atoms with Crippen LogP contribution >= 0.6 is 0 Å². The first kappa shape index (κ1) is 12.5. The van der Waals surface area contributed by atoms with Gasteiger partial charge in [0.2, 0.25) is 11.8 Å². The van der Waals surface area contributed by atoms with Crippen LogP contribution in [0, 0.1) is 15.5 Å². The summed E-state index contributed by atoms with van der Waals surface area (Å²) in [5.41, 5.74) is 5.62. The molecule has 0 aromatic carbocycles. The zero-order valence-corrected chi connectivity index (χ0v) is 10.3. The van der Waals surface area contributed by atoms with E-state index in [4.69, 9.17) is 5.73 Å². The molecule has 1 aromatic heterocycles. The van der Waals surface area contributed by atoms with Crippen molar-refractivity contribution >= 4 is 17.5 Å². The van der Waals surface area contributed by atoms with E-state index in [0.29, 0.717) is 11.4 Å². The van der Waals surface area contributed by atoms with E-state index in [1.807, 2.05) is 0 Å². The lowest BCUT2D eigenvalue weighted by Crippen LogP contribution is -2.17. The number of aromatic nitrogens is 2. The largest absolute Gasteiger partial charge is 0.378 e. The molecule has 1 aromatic rings. The Labute approximate surface area is 105 Å². The van der Waals surface area contributed by atoms with Crippen LogP contribution < -0.4 is 11.1 Å². The van der Waals surface area contributed by atoms with Crippen LogP contribution in [0.15, 0.2) is 6.20 Å². The maximum absolute atomic E-state index is 10.6. The lowest BCUT2D eigenvalue weighted by Gasteiger charge is -2.14. The van der Waals surface area contributed by atoms with E-state index in [-0.39, 0.29) is 11.5 Å². The number of nitrogens with two attached hydrogens (primary N) is 1. The zero-order valence-electron chi connectivity index (χ0n) is 10.3. The minimum Gasteiger partial charge on any atom is -0.378 e. The van der Waals surface area contributed by atoms with Crippen LogP contribution in [-0.2, 0) is 0 Å². The van der Waals surface area contributed by atoms with E-state index < -0.39 is 4.92 Å². The molecule has 0 bridgehead atoms. The molecule has 2 rings (SSSR count). The second-order valence-corrected chi connectivity index (χ2v) is 4.82. The number of anilines is 2. The predicted molar refractivity (Wildman–Crippen MR) is 68.2 cm³/mol. The minimum absolute atomic E-state index is 0.0992. The SMILES string of the molecule is CCCC1(CNc2ncc([N+](=O)[O-])c(N)n2)CC1. The molecule has 7 nitrogen and oxygen atoms in total. The van der Waals surface area contributed by atoms with Crippen molar-refractivity contribution in [3.63, 3.8) is 0 Å². The highest BCUT2D eigenvalue weighted by Gasteiger charge is 2.41. The number of hydrogen-bond acceptors (Lipinski definition) is 6. The highest BCUT2D eigenvalue weighted by Crippen LogP contribution is 2.49. The topological polar surface area (TPSA) is 107 Å². The van der Waals surface area contributed by atoms with Crippen molar-refractivity contribution in [3.8, 4) is 0 Å². The Morgan fingerprint density at radius 3 is 2.83 bits per heavy atom. The van der Waals surface area contributed by atoms with Gasteiger partial charge in [0.1, 0.15) is 6.20 Å². The van der Waals surface area contributed by atoms with E-state index >= 15 is 0 Å². The highest BCUT2D eigenvalue weighted by molar-refractivity contribution is 5.53. The van der Waals surface area contributed by atoms with Crippen molar-refractivity contribution in [2.75, 3.05) is 17.6 Å². The smallest absolute Gasteiger partial charge is 0.329 e. The summed E-state index contributed by atoms with van der Waals surface area (Å²) in [6.45, 7) is 2.97. The molecule has 1 saturated carbocycles. The second-order valence-electron chi connectivity index (χ2n) is 4.82. The van der Waals surface area contributed by atoms with E-state index in [1.54, 1.807) is 0 Å². The van der Waals surface area contributed by atoms with E-state index in [1.165, 1.54) is 19.3 Å². The summed E-state index contributed by atoms with van der Waals surface area (Å²) in [5.74, 6) is 0.262. The van der Waals surface area contributed by atoms with Gasteiger partial charge in [-0.05, 0) is 24.7 Å². The van der Waals surface area contributed by atoms with Gasteiger partial charge in [-0.1, -0.05) is 13.3 Å². The Balaban J connectivity index is 1.98. The molecular formula is C11H17N5O2. The van der Waals surface area contributed by atoms with Crippen molar-refractivity contribution in [2.45, 2.75) is 32.6 Å². The van der Waals surface area contributed by atoms with Crippen molar-refractivity contribution in [1.29, 1.82) is 0 Å². The Morgan fingerprint density at radius 2 is 2.33 bits per heavy atom. The fraction of sp³-hybridized carbons (Fsp3) is 0.636. The summed E-state index contributed by atoms with van der Waals surface area (Å²) >= 11 is 0. The third-order valence-electron chi connectivity index (χ3n) is 3.35. The van der Waals surface area contributed by atoms with Crippen LogP contribution in [0.25, 0.3) is 0 Å². The quantitative estimate of drug-likeness (QED) is 0.591. The summed E-state index contributed by atoms with van der Waals surface area (Å²) in [6.07, 6.45) is 5.92. The number of nitro groups is 1. The van der Waals surface area contributed by atoms with E-state index in [9.17, 15) is 10.1 Å². The number of rotatable bonds is 6. The Hall–Kier alpha value is -1.92. The van der Waals surface area contributed by atoms with Crippen molar-refractivity contribution in [1.82, 2.24) is 9.97 Å². The molecule has 1 aliphatic carbocycles. The van der Waals surface area contributed by atoms with Gasteiger partial charge in [-0.2, -0.15) is 4.98 Å². The van der Waals surface area contributed by atoms with Crippen LogP contribution in [0.4, 0.5) is 17.5 Å². The molecular weight excluding hydrogens is 234 g/mol. The van der Waals surface area contributed by atoms with E-state index in [2.05, 4.69) is 22.2 Å². The molecule has 0 atom stereocenters. The van der Waals surface area contributed by atoms with Gasteiger partial charge in [-0.3, -0.25) is 10.1 Å². The van der Waals surface area contributed by atoms with Crippen LogP contribution in [0.3, 0.4) is 0 Å². The number of nitrogens with zero attached hydrogens (tertiary/aromatic N) is 3. The van der Waals surface area contributed by atoms with Gasteiger partial charge < -0.3 is 11.1 Å². The van der Waals surface area contributed by atoms with Crippen LogP contribution in [-0.4, -0.2) is 21.4 Å². The molecule has 0 unspecified atom stereocenters. The zero-order chi connectivity index (χ0) is 13.2. The van der Waals surface area contributed by atoms with Gasteiger partial charge in [0, 0.05) is 6.54 Å². The van der Waals surface area contributed by atoms with Gasteiger partial charge in [0.25, 0.3) is 0 Å². The fourth-order valence-corrected chi connectivity index (χ4v) is 2.10. The normalized spacial score (nSPS) is 16.3. The van der Waals surface area contributed by atoms with Crippen molar-refractivity contribution < 1.29 is 4.92 Å². The Bertz CT molecular complexity index is 459. The average Bonchev–Trinajstić information content (AvgIpc) is 3.07. The number of nitrogens with one attached hydrogen (secondary N) is 1. The molecule has 98 valence electrons. The summed E-state index contributed by atoms with van der Waals surface area (Å²) in [6, 6.07) is 0. The Morgan fingerprint density at radius 1 is 1.61 bits per heavy atom. The monoisotopic (exact) mass is 251 g/mol. The van der Waals surface area contributed by atoms with Crippen LogP contribution in [0.5, 0.6) is 0 Å². The molecule has 1 fully saturated rings. The van der Waals surface area contributed by atoms with E-state index in [0.717, 1.165) is 19.2 Å². The van der Waals surface area contributed by atoms with Crippen molar-refractivity contribution in [2.24, 2.45) is 5.41 Å². The van der Waals surface area contributed by atoms with Crippen molar-refractivity contribution in [3.05, 3.63) is 16.3 Å². The minimum atomic E-state index is -0.585. The summed E-state index contributed by atoms with van der Waals surface area (Å²) in [7, 11) is 0. The van der Waals surface area contributed by atoms with Gasteiger partial charge in [0.05, 0.1) is 4.92 Å². The highest BCUT2D eigenvalue weighted by atomic mass is 16.6. The average molecular weight is 251 g/mol. The third kappa shape index (κ3) is 2.66. The fourth-order valence-electron chi connectivity index (χ4n) is 2.10. The third-order valence-corrected chi connectivity index (χ3v) is 3.35. The maximum atomic E-state index is 10.6.